The molecule has 5 rings (SSSR count). The van der Waals surface area contributed by atoms with Crippen LogP contribution in [0.25, 0.3) is 0 Å². The molecule has 5 aliphatic rings. The zero-order valence-corrected chi connectivity index (χ0v) is 17.8. The van der Waals surface area contributed by atoms with Crippen LogP contribution in [-0.2, 0) is 14.3 Å². The first-order valence-electron chi connectivity index (χ1n) is 11.4. The van der Waals surface area contributed by atoms with Gasteiger partial charge in [0, 0.05) is 38.9 Å². The number of likely N-dealkylation sites (tertiary alicyclic amines) is 2. The number of ether oxygens (including phenoxy) is 1. The van der Waals surface area contributed by atoms with Crippen molar-refractivity contribution < 1.29 is 14.3 Å². The van der Waals surface area contributed by atoms with Gasteiger partial charge in [-0.1, -0.05) is 13.8 Å². The van der Waals surface area contributed by atoms with Crippen LogP contribution < -0.4 is 0 Å². The molecule has 2 saturated carbocycles. The molecule has 0 radical (unpaired) electrons. The summed E-state index contributed by atoms with van der Waals surface area (Å²) < 4.78 is 5.76. The Balaban J connectivity index is 1.25. The number of fused-ring (bicyclic) bond motifs is 4. The first-order chi connectivity index (χ1) is 13.3. The lowest BCUT2D eigenvalue weighted by Crippen LogP contribution is -2.48. The van der Waals surface area contributed by atoms with Crippen LogP contribution in [0.4, 0.5) is 0 Å². The Morgan fingerprint density at radius 2 is 1.71 bits per heavy atom. The number of carbonyl (C=O) groups excluding carboxylic acids is 2. The second-order valence-electron chi connectivity index (χ2n) is 11.1. The zero-order chi connectivity index (χ0) is 19.7. The van der Waals surface area contributed by atoms with Crippen molar-refractivity contribution >= 4 is 11.8 Å². The van der Waals surface area contributed by atoms with E-state index in [0.29, 0.717) is 23.8 Å². The summed E-state index contributed by atoms with van der Waals surface area (Å²) in [6.07, 6.45) is 7.89. The Morgan fingerprint density at radius 1 is 1.04 bits per heavy atom. The quantitative estimate of drug-likeness (QED) is 0.730. The molecule has 156 valence electrons. The molecule has 5 heteroatoms. The molecule has 0 unspecified atom stereocenters. The molecule has 5 nitrogen and oxygen atoms in total. The second-order valence-corrected chi connectivity index (χ2v) is 11.1. The molecular weight excluding hydrogens is 352 g/mol. The molecule has 3 heterocycles. The molecule has 3 aliphatic heterocycles. The third-order valence-electron chi connectivity index (χ3n) is 10.1. The van der Waals surface area contributed by atoms with Gasteiger partial charge in [0.1, 0.15) is 0 Å². The molecule has 3 saturated heterocycles. The van der Waals surface area contributed by atoms with Crippen molar-refractivity contribution in [2.45, 2.75) is 71.8 Å². The average Bonchev–Trinajstić information content (AvgIpc) is 3.36. The van der Waals surface area contributed by atoms with Gasteiger partial charge in [-0.25, -0.2) is 0 Å². The first kappa shape index (κ1) is 18.9. The summed E-state index contributed by atoms with van der Waals surface area (Å²) in [5.74, 6) is 1.83. The maximum Gasteiger partial charge on any atom is 0.223 e. The molecule has 0 aromatic rings. The molecule has 2 bridgehead atoms. The van der Waals surface area contributed by atoms with E-state index in [1.54, 1.807) is 6.92 Å². The summed E-state index contributed by atoms with van der Waals surface area (Å²) in [5.41, 5.74) is 0.724. The van der Waals surface area contributed by atoms with E-state index in [-0.39, 0.29) is 22.8 Å². The lowest BCUT2D eigenvalue weighted by molar-refractivity contribution is -0.138. The number of nitrogens with zero attached hydrogens (tertiary/aromatic N) is 2. The standard InChI is InChI=1S/C23H36N2O3/c1-16(26)25-15-22(18-13-28-14-19(18)25)8-10-24(11-9-22)20(27)12-23-6-4-17(5-7-23)21(23,2)3/h17-19H,4-15H2,1-3H3/t17?,18-,19+,23?/m1/s1. The molecule has 0 aromatic carbocycles. The third-order valence-corrected chi connectivity index (χ3v) is 10.1. The Labute approximate surface area is 169 Å². The molecule has 0 N–H and O–H groups in total. The van der Waals surface area contributed by atoms with Gasteiger partial charge in [0.2, 0.25) is 11.8 Å². The minimum atomic E-state index is 0.160. The molecule has 5 fully saturated rings. The van der Waals surface area contributed by atoms with E-state index >= 15 is 0 Å². The molecule has 2 amide bonds. The van der Waals surface area contributed by atoms with E-state index in [4.69, 9.17) is 4.74 Å². The van der Waals surface area contributed by atoms with Crippen molar-refractivity contribution in [1.82, 2.24) is 9.80 Å². The van der Waals surface area contributed by atoms with Gasteiger partial charge in [0.15, 0.2) is 0 Å². The summed E-state index contributed by atoms with van der Waals surface area (Å²) in [6, 6.07) is 0.258. The van der Waals surface area contributed by atoms with Gasteiger partial charge < -0.3 is 14.5 Å². The predicted molar refractivity (Wildman–Crippen MR) is 107 cm³/mol. The highest BCUT2D eigenvalue weighted by molar-refractivity contribution is 5.77. The largest absolute Gasteiger partial charge is 0.379 e. The number of hydrogen-bond donors (Lipinski definition) is 0. The molecule has 1 spiro atoms. The molecular formula is C23H36N2O3. The van der Waals surface area contributed by atoms with Crippen molar-refractivity contribution in [3.63, 3.8) is 0 Å². The van der Waals surface area contributed by atoms with Gasteiger partial charge in [-0.15, -0.1) is 0 Å². The summed E-state index contributed by atoms with van der Waals surface area (Å²) in [6.45, 7) is 10.5. The summed E-state index contributed by atoms with van der Waals surface area (Å²) in [4.78, 5) is 29.6. The predicted octanol–water partition coefficient (Wildman–Crippen LogP) is 3.08. The van der Waals surface area contributed by atoms with Crippen molar-refractivity contribution in [2.75, 3.05) is 32.8 Å². The van der Waals surface area contributed by atoms with Crippen LogP contribution in [0.2, 0.25) is 0 Å². The summed E-state index contributed by atoms with van der Waals surface area (Å²) in [7, 11) is 0. The molecule has 2 aliphatic carbocycles. The van der Waals surface area contributed by atoms with Crippen molar-refractivity contribution in [2.24, 2.45) is 28.1 Å². The SMILES string of the molecule is CC(=O)N1CC2(CCN(C(=O)CC34CCC(CC3)C4(C)C)CC2)[C@@H]2COC[C@@H]21. The van der Waals surface area contributed by atoms with E-state index in [2.05, 4.69) is 18.7 Å². The monoisotopic (exact) mass is 388 g/mol. The highest BCUT2D eigenvalue weighted by Gasteiger charge is 2.60. The maximum atomic E-state index is 13.3. The van der Waals surface area contributed by atoms with Gasteiger partial charge in [0.05, 0.1) is 19.3 Å². The number of hydrogen-bond acceptors (Lipinski definition) is 3. The number of piperidine rings is 1. The van der Waals surface area contributed by atoms with E-state index in [1.165, 1.54) is 25.7 Å². The Kier molecular flexibility index (Phi) is 4.18. The van der Waals surface area contributed by atoms with Crippen molar-refractivity contribution in [3.8, 4) is 0 Å². The fourth-order valence-corrected chi connectivity index (χ4v) is 7.86. The zero-order valence-electron chi connectivity index (χ0n) is 17.8. The van der Waals surface area contributed by atoms with E-state index in [1.807, 2.05) is 4.90 Å². The summed E-state index contributed by atoms with van der Waals surface area (Å²) in [5, 5.41) is 0. The van der Waals surface area contributed by atoms with Gasteiger partial charge in [-0.3, -0.25) is 9.59 Å². The fraction of sp³-hybridized carbons (Fsp3) is 0.913. The normalized spacial score (nSPS) is 40.3. The van der Waals surface area contributed by atoms with Crippen molar-refractivity contribution in [1.29, 1.82) is 0 Å². The Morgan fingerprint density at radius 3 is 2.29 bits per heavy atom. The van der Waals surface area contributed by atoms with E-state index < -0.39 is 0 Å². The molecule has 0 aromatic heterocycles. The third kappa shape index (κ3) is 2.47. The lowest BCUT2D eigenvalue weighted by Gasteiger charge is -2.44. The number of carbonyl (C=O) groups is 2. The fourth-order valence-electron chi connectivity index (χ4n) is 7.86. The maximum absolute atomic E-state index is 13.3. The number of rotatable bonds is 2. The highest BCUT2D eigenvalue weighted by atomic mass is 16.5. The van der Waals surface area contributed by atoms with Gasteiger partial charge >= 0.3 is 0 Å². The topological polar surface area (TPSA) is 49.9 Å². The average molecular weight is 389 g/mol. The van der Waals surface area contributed by atoms with E-state index in [9.17, 15) is 9.59 Å². The van der Waals surface area contributed by atoms with Crippen LogP contribution in [0.15, 0.2) is 0 Å². The minimum Gasteiger partial charge on any atom is -0.379 e. The molecule has 28 heavy (non-hydrogen) atoms. The highest BCUT2D eigenvalue weighted by Crippen LogP contribution is 2.67. The second kappa shape index (κ2) is 6.20. The van der Waals surface area contributed by atoms with Crippen LogP contribution >= 0.6 is 0 Å². The first-order valence-corrected chi connectivity index (χ1v) is 11.4. The van der Waals surface area contributed by atoms with Gasteiger partial charge in [-0.2, -0.15) is 0 Å². The Hall–Kier alpha value is -1.10. The van der Waals surface area contributed by atoms with Gasteiger partial charge in [0.25, 0.3) is 0 Å². The summed E-state index contributed by atoms with van der Waals surface area (Å²) >= 11 is 0. The van der Waals surface area contributed by atoms with Crippen LogP contribution in [0.1, 0.15) is 65.7 Å². The molecule has 2 atom stereocenters. The lowest BCUT2D eigenvalue weighted by atomic mass is 9.66. The minimum absolute atomic E-state index is 0.160. The smallest absolute Gasteiger partial charge is 0.223 e. The van der Waals surface area contributed by atoms with Crippen LogP contribution in [0, 0.1) is 28.1 Å². The number of amides is 2. The Bertz CT molecular complexity index is 671. The van der Waals surface area contributed by atoms with Crippen molar-refractivity contribution in [3.05, 3.63) is 0 Å². The van der Waals surface area contributed by atoms with E-state index in [0.717, 1.165) is 51.4 Å². The van der Waals surface area contributed by atoms with Crippen LogP contribution in [-0.4, -0.2) is 60.5 Å². The van der Waals surface area contributed by atoms with Crippen LogP contribution in [0.3, 0.4) is 0 Å². The van der Waals surface area contributed by atoms with Crippen LogP contribution in [0.5, 0.6) is 0 Å². The van der Waals surface area contributed by atoms with Gasteiger partial charge in [-0.05, 0) is 60.7 Å².